The van der Waals surface area contributed by atoms with Gasteiger partial charge in [-0.1, -0.05) is 0 Å². The third kappa shape index (κ3) is 2.86. The molecule has 1 atom stereocenters. The molecule has 0 saturated carbocycles. The molecular formula is C4H9ClN2O3. The third-order valence-corrected chi connectivity index (χ3v) is 0.941. The molecule has 6 heteroatoms. The van der Waals surface area contributed by atoms with Crippen LogP contribution in [0.3, 0.4) is 0 Å². The first kappa shape index (κ1) is 9.48. The highest BCUT2D eigenvalue weighted by molar-refractivity contribution is 5.85. The Kier molecular flexibility index (Phi) is 4.10. The van der Waals surface area contributed by atoms with Crippen molar-refractivity contribution >= 4 is 18.5 Å². The van der Waals surface area contributed by atoms with E-state index in [2.05, 4.69) is 10.1 Å². The monoisotopic (exact) mass is 168 g/mol. The molecule has 1 saturated heterocycles. The van der Waals surface area contributed by atoms with Crippen LogP contribution in [-0.2, 0) is 9.47 Å². The van der Waals surface area contributed by atoms with E-state index in [1.165, 1.54) is 0 Å². The highest BCUT2D eigenvalue weighted by Gasteiger charge is 2.16. The number of carbonyl (C=O) groups excluding carboxylic acids is 1. The van der Waals surface area contributed by atoms with Crippen LogP contribution < -0.4 is 11.1 Å². The highest BCUT2D eigenvalue weighted by atomic mass is 35.5. The average molecular weight is 169 g/mol. The molecule has 1 amide bonds. The maximum Gasteiger partial charge on any atom is 0.406 e. The first-order chi connectivity index (χ1) is 4.29. The number of amides is 1. The number of ether oxygens (including phenoxy) is 2. The minimum atomic E-state index is -0.780. The maximum atomic E-state index is 10.1. The third-order valence-electron chi connectivity index (χ3n) is 0.941. The van der Waals surface area contributed by atoms with Crippen LogP contribution in [0.15, 0.2) is 0 Å². The summed E-state index contributed by atoms with van der Waals surface area (Å²) in [4.78, 5) is 10.1. The fourth-order valence-corrected chi connectivity index (χ4v) is 0.593. The van der Waals surface area contributed by atoms with E-state index < -0.39 is 6.09 Å². The molecule has 0 unspecified atom stereocenters. The Morgan fingerprint density at radius 1 is 1.80 bits per heavy atom. The van der Waals surface area contributed by atoms with Crippen molar-refractivity contribution in [1.29, 1.82) is 0 Å². The number of hydrogen-bond acceptors (Lipinski definition) is 4. The fourth-order valence-electron chi connectivity index (χ4n) is 0.593. The average Bonchev–Trinajstić information content (AvgIpc) is 2.15. The van der Waals surface area contributed by atoms with Crippen LogP contribution in [0.5, 0.6) is 0 Å². The Hall–Kier alpha value is -0.520. The van der Waals surface area contributed by atoms with Gasteiger partial charge < -0.3 is 15.2 Å². The molecule has 1 aliphatic rings. The number of rotatable bonds is 1. The van der Waals surface area contributed by atoms with E-state index in [9.17, 15) is 4.79 Å². The van der Waals surface area contributed by atoms with Crippen LogP contribution in [0, 0.1) is 0 Å². The lowest BCUT2D eigenvalue weighted by Gasteiger charge is -2.05. The van der Waals surface area contributed by atoms with Crippen molar-refractivity contribution in [2.24, 2.45) is 5.73 Å². The Morgan fingerprint density at radius 3 is 2.90 bits per heavy atom. The van der Waals surface area contributed by atoms with E-state index in [0.717, 1.165) is 0 Å². The van der Waals surface area contributed by atoms with Gasteiger partial charge in [-0.15, -0.1) is 12.4 Å². The maximum absolute atomic E-state index is 10.1. The first-order valence-corrected chi connectivity index (χ1v) is 2.56. The molecule has 0 aromatic rings. The molecule has 0 aliphatic carbocycles. The van der Waals surface area contributed by atoms with Gasteiger partial charge in [0.2, 0.25) is 0 Å². The van der Waals surface area contributed by atoms with Crippen molar-refractivity contribution in [1.82, 2.24) is 5.32 Å². The van der Waals surface area contributed by atoms with Gasteiger partial charge in [0.15, 0.2) is 6.23 Å². The number of hydrogen-bond donors (Lipinski definition) is 2. The minimum Gasteiger partial charge on any atom is -0.428 e. The zero-order valence-electron chi connectivity index (χ0n) is 5.20. The molecule has 1 heterocycles. The summed E-state index contributed by atoms with van der Waals surface area (Å²) in [6, 6.07) is 0. The Bertz CT molecular complexity index is 115. The normalized spacial score (nSPS) is 23.4. The second-order valence-electron chi connectivity index (χ2n) is 1.64. The predicted molar refractivity (Wildman–Crippen MR) is 35.7 cm³/mol. The van der Waals surface area contributed by atoms with Crippen LogP contribution >= 0.6 is 12.4 Å². The van der Waals surface area contributed by atoms with Crippen molar-refractivity contribution in [3.05, 3.63) is 0 Å². The van der Waals surface area contributed by atoms with Crippen LogP contribution in [0.25, 0.3) is 0 Å². The summed E-state index contributed by atoms with van der Waals surface area (Å²) in [5, 5.41) is 2.74. The molecule has 1 fully saturated rings. The summed E-state index contributed by atoms with van der Waals surface area (Å²) in [7, 11) is 0. The Balaban J connectivity index is 0.000000810. The smallest absolute Gasteiger partial charge is 0.406 e. The van der Waals surface area contributed by atoms with Gasteiger partial charge in [0.1, 0.15) is 0 Å². The molecule has 10 heavy (non-hydrogen) atoms. The SMILES string of the molecule is Cl.NC(=O)O[C@H]1COCN1. The van der Waals surface area contributed by atoms with E-state index in [1.807, 2.05) is 0 Å². The van der Waals surface area contributed by atoms with Crippen molar-refractivity contribution in [3.63, 3.8) is 0 Å². The van der Waals surface area contributed by atoms with Gasteiger partial charge in [0.05, 0.1) is 13.3 Å². The van der Waals surface area contributed by atoms with E-state index in [-0.39, 0.29) is 18.6 Å². The van der Waals surface area contributed by atoms with Gasteiger partial charge in [0, 0.05) is 0 Å². The van der Waals surface area contributed by atoms with E-state index in [0.29, 0.717) is 13.3 Å². The number of halogens is 1. The predicted octanol–water partition coefficient (Wildman–Crippen LogP) is -0.593. The number of carbonyl (C=O) groups is 1. The zero-order chi connectivity index (χ0) is 6.69. The first-order valence-electron chi connectivity index (χ1n) is 2.56. The lowest BCUT2D eigenvalue weighted by Crippen LogP contribution is -2.32. The molecule has 60 valence electrons. The number of nitrogens with one attached hydrogen (secondary N) is 1. The summed E-state index contributed by atoms with van der Waals surface area (Å²) in [6.45, 7) is 0.793. The highest BCUT2D eigenvalue weighted by Crippen LogP contribution is 1.94. The van der Waals surface area contributed by atoms with Crippen molar-refractivity contribution in [3.8, 4) is 0 Å². The molecule has 0 radical (unpaired) electrons. The second kappa shape index (κ2) is 4.32. The molecule has 1 aliphatic heterocycles. The van der Waals surface area contributed by atoms with Gasteiger partial charge in [-0.05, 0) is 0 Å². The Morgan fingerprint density at radius 2 is 2.50 bits per heavy atom. The standard InChI is InChI=1S/C4H8N2O3.ClH/c5-4(7)9-3-1-8-2-6-3;/h3,6H,1-2H2,(H2,5,7);1H/t3-;/m0./s1. The molecule has 3 N–H and O–H groups in total. The number of primary amides is 1. The molecule has 0 spiro atoms. The topological polar surface area (TPSA) is 73.6 Å². The van der Waals surface area contributed by atoms with Crippen LogP contribution in [-0.4, -0.2) is 25.7 Å². The van der Waals surface area contributed by atoms with Crippen LogP contribution in [0.1, 0.15) is 0 Å². The van der Waals surface area contributed by atoms with Crippen LogP contribution in [0.4, 0.5) is 4.79 Å². The summed E-state index contributed by atoms with van der Waals surface area (Å²) < 4.78 is 9.33. The summed E-state index contributed by atoms with van der Waals surface area (Å²) in [6.07, 6.45) is -1.14. The number of nitrogens with two attached hydrogens (primary N) is 1. The second-order valence-corrected chi connectivity index (χ2v) is 1.64. The van der Waals surface area contributed by atoms with E-state index >= 15 is 0 Å². The Labute approximate surface area is 64.3 Å². The lowest BCUT2D eigenvalue weighted by atomic mass is 10.6. The van der Waals surface area contributed by atoms with Gasteiger partial charge in [-0.2, -0.15) is 0 Å². The van der Waals surface area contributed by atoms with Crippen molar-refractivity contribution in [2.45, 2.75) is 6.23 Å². The summed E-state index contributed by atoms with van der Waals surface area (Å²) in [5.74, 6) is 0. The molecule has 0 aromatic carbocycles. The molecule has 0 aromatic heterocycles. The molecule has 1 rings (SSSR count). The quantitative estimate of drug-likeness (QED) is 0.549. The fraction of sp³-hybridized carbons (Fsp3) is 0.750. The van der Waals surface area contributed by atoms with Gasteiger partial charge in [-0.3, -0.25) is 5.32 Å². The zero-order valence-corrected chi connectivity index (χ0v) is 6.02. The summed E-state index contributed by atoms with van der Waals surface area (Å²) >= 11 is 0. The molecular weight excluding hydrogens is 160 g/mol. The largest absolute Gasteiger partial charge is 0.428 e. The van der Waals surface area contributed by atoms with Crippen molar-refractivity contribution < 1.29 is 14.3 Å². The van der Waals surface area contributed by atoms with E-state index in [4.69, 9.17) is 10.5 Å². The molecule has 0 bridgehead atoms. The van der Waals surface area contributed by atoms with Crippen LogP contribution in [0.2, 0.25) is 0 Å². The van der Waals surface area contributed by atoms with E-state index in [1.54, 1.807) is 0 Å². The molecule has 5 nitrogen and oxygen atoms in total. The van der Waals surface area contributed by atoms with Gasteiger partial charge in [0.25, 0.3) is 0 Å². The van der Waals surface area contributed by atoms with Gasteiger partial charge in [-0.25, -0.2) is 4.79 Å². The minimum absolute atomic E-state index is 0. The van der Waals surface area contributed by atoms with Crippen molar-refractivity contribution in [2.75, 3.05) is 13.3 Å². The summed E-state index contributed by atoms with van der Waals surface area (Å²) in [5.41, 5.74) is 4.72. The lowest BCUT2D eigenvalue weighted by molar-refractivity contribution is 0.0850. The van der Waals surface area contributed by atoms with Gasteiger partial charge >= 0.3 is 6.09 Å².